The molecule has 0 unspecified atom stereocenters. The van der Waals surface area contributed by atoms with Crippen molar-refractivity contribution in [3.8, 4) is 0 Å². The first-order chi connectivity index (χ1) is 7.06. The van der Waals surface area contributed by atoms with Crippen LogP contribution in [-0.2, 0) is 0 Å². The van der Waals surface area contributed by atoms with Gasteiger partial charge in [0.05, 0.1) is 5.56 Å². The molecule has 0 saturated carbocycles. The summed E-state index contributed by atoms with van der Waals surface area (Å²) in [5.74, 6) is -3.19. The van der Waals surface area contributed by atoms with Gasteiger partial charge < -0.3 is 5.11 Å². The molecule has 1 N–H and O–H groups in total. The first-order valence-electron chi connectivity index (χ1n) is 4.01. The minimum Gasteiger partial charge on any atom is -0.478 e. The van der Waals surface area contributed by atoms with Crippen LogP contribution in [0.2, 0.25) is 0 Å². The van der Waals surface area contributed by atoms with Crippen LogP contribution in [0.3, 0.4) is 0 Å². The number of benzene rings is 1. The third-order valence-electron chi connectivity index (χ3n) is 1.70. The summed E-state index contributed by atoms with van der Waals surface area (Å²) in [4.78, 5) is 10.5. The normalized spacial score (nSPS) is 10.9. The molecule has 15 heavy (non-hydrogen) atoms. The van der Waals surface area contributed by atoms with Gasteiger partial charge in [-0.25, -0.2) is 13.6 Å². The maximum atomic E-state index is 13.1. The Morgan fingerprint density at radius 3 is 2.60 bits per heavy atom. The average molecular weight is 233 g/mol. The minimum absolute atomic E-state index is 0.00514. The molecule has 1 aromatic rings. The van der Waals surface area contributed by atoms with E-state index in [1.807, 2.05) is 0 Å². The minimum atomic E-state index is -1.44. The van der Waals surface area contributed by atoms with Crippen LogP contribution < -0.4 is 0 Å². The predicted octanol–water partition coefficient (Wildman–Crippen LogP) is 2.92. The van der Waals surface area contributed by atoms with Gasteiger partial charge in [-0.05, 0) is 6.07 Å². The number of allylic oxidation sites excluding steroid dienone is 1. The molecule has 0 aliphatic rings. The summed E-state index contributed by atoms with van der Waals surface area (Å²) in [6, 6.07) is 1.47. The van der Waals surface area contributed by atoms with E-state index in [1.165, 1.54) is 12.2 Å². The molecule has 2 nitrogen and oxygen atoms in total. The zero-order valence-corrected chi connectivity index (χ0v) is 8.26. The van der Waals surface area contributed by atoms with Gasteiger partial charge in [0.15, 0.2) is 0 Å². The topological polar surface area (TPSA) is 37.3 Å². The van der Waals surface area contributed by atoms with E-state index in [0.717, 1.165) is 6.07 Å². The van der Waals surface area contributed by atoms with Crippen molar-refractivity contribution in [1.82, 2.24) is 0 Å². The Labute approximate surface area is 89.8 Å². The summed E-state index contributed by atoms with van der Waals surface area (Å²) in [7, 11) is 0. The Hall–Kier alpha value is -1.42. The molecular formula is C10H7ClF2O2. The monoisotopic (exact) mass is 232 g/mol. The van der Waals surface area contributed by atoms with E-state index in [1.54, 1.807) is 0 Å². The van der Waals surface area contributed by atoms with Gasteiger partial charge in [0.25, 0.3) is 0 Å². The van der Waals surface area contributed by atoms with Crippen molar-refractivity contribution >= 4 is 23.6 Å². The van der Waals surface area contributed by atoms with E-state index in [9.17, 15) is 13.6 Å². The van der Waals surface area contributed by atoms with Gasteiger partial charge in [-0.3, -0.25) is 0 Å². The fourth-order valence-corrected chi connectivity index (χ4v) is 1.12. The van der Waals surface area contributed by atoms with Crippen molar-refractivity contribution in [3.63, 3.8) is 0 Å². The number of alkyl halides is 1. The van der Waals surface area contributed by atoms with Crippen molar-refractivity contribution in [2.45, 2.75) is 0 Å². The Morgan fingerprint density at radius 1 is 1.40 bits per heavy atom. The highest BCUT2D eigenvalue weighted by molar-refractivity contribution is 6.19. The summed E-state index contributed by atoms with van der Waals surface area (Å²) >= 11 is 5.34. The lowest BCUT2D eigenvalue weighted by atomic mass is 10.1. The van der Waals surface area contributed by atoms with Gasteiger partial charge in [0.2, 0.25) is 0 Å². The summed E-state index contributed by atoms with van der Waals surface area (Å²) in [6.07, 6.45) is 2.73. The SMILES string of the molecule is O=C(O)c1cc(C=CCCl)c(F)cc1F. The maximum absolute atomic E-state index is 13.1. The second-order valence-electron chi connectivity index (χ2n) is 2.72. The van der Waals surface area contributed by atoms with Crippen molar-refractivity contribution in [1.29, 1.82) is 0 Å². The second-order valence-corrected chi connectivity index (χ2v) is 3.02. The molecule has 0 spiro atoms. The summed E-state index contributed by atoms with van der Waals surface area (Å²) in [5.41, 5.74) is -0.569. The maximum Gasteiger partial charge on any atom is 0.338 e. The van der Waals surface area contributed by atoms with Crippen LogP contribution in [0.1, 0.15) is 15.9 Å². The van der Waals surface area contributed by atoms with Crippen LogP contribution in [0.5, 0.6) is 0 Å². The van der Waals surface area contributed by atoms with Gasteiger partial charge in [-0.15, -0.1) is 11.6 Å². The van der Waals surface area contributed by atoms with E-state index in [-0.39, 0.29) is 11.4 Å². The lowest BCUT2D eigenvalue weighted by Gasteiger charge is -2.01. The zero-order valence-electron chi connectivity index (χ0n) is 7.51. The molecule has 1 aromatic carbocycles. The number of halogens is 3. The summed E-state index contributed by atoms with van der Waals surface area (Å²) in [6.45, 7) is 0. The van der Waals surface area contributed by atoms with E-state index in [4.69, 9.17) is 16.7 Å². The number of aromatic carboxylic acids is 1. The molecule has 0 bridgehead atoms. The molecular weight excluding hydrogens is 226 g/mol. The highest BCUT2D eigenvalue weighted by Gasteiger charge is 2.13. The Morgan fingerprint density at radius 2 is 2.07 bits per heavy atom. The van der Waals surface area contributed by atoms with E-state index in [0.29, 0.717) is 6.07 Å². The first kappa shape index (κ1) is 11.7. The number of carboxylic acid groups (broad SMARTS) is 1. The van der Waals surface area contributed by atoms with Gasteiger partial charge in [-0.2, -0.15) is 0 Å². The van der Waals surface area contributed by atoms with E-state index >= 15 is 0 Å². The van der Waals surface area contributed by atoms with Gasteiger partial charge >= 0.3 is 5.97 Å². The number of hydrogen-bond donors (Lipinski definition) is 1. The van der Waals surface area contributed by atoms with Crippen molar-refractivity contribution in [2.75, 3.05) is 5.88 Å². The average Bonchev–Trinajstić information content (AvgIpc) is 2.16. The Bertz CT molecular complexity index is 416. The Balaban J connectivity index is 3.23. The van der Waals surface area contributed by atoms with Gasteiger partial charge in [0, 0.05) is 17.5 Å². The largest absolute Gasteiger partial charge is 0.478 e. The van der Waals surface area contributed by atoms with Crippen LogP contribution in [0.15, 0.2) is 18.2 Å². The van der Waals surface area contributed by atoms with Gasteiger partial charge in [-0.1, -0.05) is 12.2 Å². The quantitative estimate of drug-likeness (QED) is 0.814. The fraction of sp³-hybridized carbons (Fsp3) is 0.100. The smallest absolute Gasteiger partial charge is 0.338 e. The summed E-state index contributed by atoms with van der Waals surface area (Å²) < 4.78 is 26.0. The van der Waals surface area contributed by atoms with Crippen LogP contribution in [0.25, 0.3) is 6.08 Å². The van der Waals surface area contributed by atoms with Crippen LogP contribution >= 0.6 is 11.6 Å². The number of rotatable bonds is 3. The van der Waals surface area contributed by atoms with Gasteiger partial charge in [0.1, 0.15) is 11.6 Å². The molecule has 1 rings (SSSR count). The van der Waals surface area contributed by atoms with Crippen LogP contribution in [0.4, 0.5) is 8.78 Å². The van der Waals surface area contributed by atoms with E-state index < -0.39 is 23.2 Å². The lowest BCUT2D eigenvalue weighted by Crippen LogP contribution is -2.02. The molecule has 0 saturated heterocycles. The number of carbonyl (C=O) groups is 1. The summed E-state index contributed by atoms with van der Waals surface area (Å²) in [5, 5.41) is 8.59. The number of carboxylic acids is 1. The van der Waals surface area contributed by atoms with E-state index in [2.05, 4.69) is 0 Å². The molecule has 0 aromatic heterocycles. The highest BCUT2D eigenvalue weighted by atomic mass is 35.5. The Kier molecular flexibility index (Phi) is 3.80. The molecule has 0 aliphatic heterocycles. The molecule has 0 heterocycles. The standard InChI is InChI=1S/C10H7ClF2O2/c11-3-1-2-6-4-7(10(14)15)9(13)5-8(6)12/h1-2,4-5H,3H2,(H,14,15). The highest BCUT2D eigenvalue weighted by Crippen LogP contribution is 2.16. The van der Waals surface area contributed by atoms with Crippen molar-refractivity contribution in [3.05, 3.63) is 41.0 Å². The first-order valence-corrected chi connectivity index (χ1v) is 4.54. The molecule has 0 radical (unpaired) electrons. The predicted molar refractivity (Wildman–Crippen MR) is 53.1 cm³/mol. The second kappa shape index (κ2) is 4.89. The molecule has 80 valence electrons. The third-order valence-corrected chi connectivity index (χ3v) is 1.88. The molecule has 0 aliphatic carbocycles. The molecule has 0 fully saturated rings. The van der Waals surface area contributed by atoms with Crippen LogP contribution in [-0.4, -0.2) is 17.0 Å². The lowest BCUT2D eigenvalue weighted by molar-refractivity contribution is 0.0691. The fourth-order valence-electron chi connectivity index (χ4n) is 1.03. The third kappa shape index (κ3) is 2.76. The zero-order chi connectivity index (χ0) is 11.4. The van der Waals surface area contributed by atoms with Crippen LogP contribution in [0, 0.1) is 11.6 Å². The van der Waals surface area contributed by atoms with Crippen molar-refractivity contribution < 1.29 is 18.7 Å². The molecule has 0 amide bonds. The molecule has 5 heteroatoms. The number of hydrogen-bond acceptors (Lipinski definition) is 1. The van der Waals surface area contributed by atoms with Crippen molar-refractivity contribution in [2.24, 2.45) is 0 Å². The molecule has 0 atom stereocenters.